The quantitative estimate of drug-likeness (QED) is 0.918. The fourth-order valence-corrected chi connectivity index (χ4v) is 3.17. The fraction of sp³-hybridized carbons (Fsp3) is 0.429. The summed E-state index contributed by atoms with van der Waals surface area (Å²) in [5, 5.41) is 2.04. The number of likely N-dealkylation sites (tertiary alicyclic amines) is 1. The van der Waals surface area contributed by atoms with Crippen LogP contribution in [-0.2, 0) is 9.53 Å². The molecule has 3 heterocycles. The van der Waals surface area contributed by atoms with E-state index < -0.39 is 0 Å². The first-order valence-corrected chi connectivity index (χ1v) is 7.51. The summed E-state index contributed by atoms with van der Waals surface area (Å²) in [6, 6.07) is 4.08. The van der Waals surface area contributed by atoms with Gasteiger partial charge in [-0.2, -0.15) is 0 Å². The molecule has 1 aliphatic rings. The summed E-state index contributed by atoms with van der Waals surface area (Å²) >= 11 is 1.68. The van der Waals surface area contributed by atoms with Crippen LogP contribution >= 0.6 is 11.3 Å². The topological polar surface area (TPSA) is 58.2 Å². The number of nitrogens with one attached hydrogen (secondary N) is 1. The van der Waals surface area contributed by atoms with Crippen molar-refractivity contribution in [1.29, 1.82) is 0 Å². The second-order valence-corrected chi connectivity index (χ2v) is 5.84. The van der Waals surface area contributed by atoms with Crippen molar-refractivity contribution in [1.82, 2.24) is 14.9 Å². The molecular weight excluding hydrogens is 274 g/mol. The first-order chi connectivity index (χ1) is 9.78. The minimum absolute atomic E-state index is 0.160. The zero-order chi connectivity index (χ0) is 13.9. The third kappa shape index (κ3) is 2.62. The lowest BCUT2D eigenvalue weighted by Gasteiger charge is -2.15. The number of aromatic amines is 1. The fourth-order valence-electron chi connectivity index (χ4n) is 2.47. The molecule has 1 fully saturated rings. The zero-order valence-corrected chi connectivity index (χ0v) is 12.2. The maximum Gasteiger partial charge on any atom is 0.223 e. The molecule has 0 aromatic carbocycles. The minimum atomic E-state index is 0.160. The molecule has 0 radical (unpaired) electrons. The number of carbonyl (C=O) groups is 1. The van der Waals surface area contributed by atoms with Gasteiger partial charge in [-0.15, -0.1) is 11.3 Å². The van der Waals surface area contributed by atoms with Crippen LogP contribution in [0.1, 0.15) is 18.2 Å². The van der Waals surface area contributed by atoms with Crippen LogP contribution < -0.4 is 0 Å². The SMILES string of the molecule is COCCN1CC(c2ncc(-c3cccs3)[nH]2)CC1=O. The molecule has 1 amide bonds. The van der Waals surface area contributed by atoms with Gasteiger partial charge < -0.3 is 14.6 Å². The van der Waals surface area contributed by atoms with Gasteiger partial charge in [0.25, 0.3) is 0 Å². The molecule has 2 aromatic heterocycles. The zero-order valence-electron chi connectivity index (χ0n) is 11.3. The summed E-state index contributed by atoms with van der Waals surface area (Å²) in [6.07, 6.45) is 2.38. The molecule has 1 atom stereocenters. The van der Waals surface area contributed by atoms with Gasteiger partial charge in [0.05, 0.1) is 23.4 Å². The Morgan fingerprint density at radius 1 is 1.60 bits per heavy atom. The van der Waals surface area contributed by atoms with Crippen LogP contribution in [0.2, 0.25) is 0 Å². The summed E-state index contributed by atoms with van der Waals surface area (Å²) in [6.45, 7) is 1.96. The number of H-pyrrole nitrogens is 1. The highest BCUT2D eigenvalue weighted by Crippen LogP contribution is 2.29. The molecule has 5 nitrogen and oxygen atoms in total. The van der Waals surface area contributed by atoms with Gasteiger partial charge in [-0.3, -0.25) is 4.79 Å². The average Bonchev–Trinajstić information content (AvgIpc) is 3.16. The van der Waals surface area contributed by atoms with Crippen LogP contribution in [0.3, 0.4) is 0 Å². The number of ether oxygens (including phenoxy) is 1. The normalized spacial score (nSPS) is 18.9. The number of amides is 1. The average molecular weight is 291 g/mol. The molecule has 0 aliphatic carbocycles. The molecule has 3 rings (SSSR count). The van der Waals surface area contributed by atoms with Gasteiger partial charge in [-0.05, 0) is 11.4 Å². The molecule has 1 unspecified atom stereocenters. The lowest BCUT2D eigenvalue weighted by atomic mass is 10.1. The van der Waals surface area contributed by atoms with Crippen molar-refractivity contribution in [2.75, 3.05) is 26.8 Å². The second kappa shape index (κ2) is 5.76. The Hall–Kier alpha value is -1.66. The number of carbonyl (C=O) groups excluding carboxylic acids is 1. The van der Waals surface area contributed by atoms with Crippen molar-refractivity contribution < 1.29 is 9.53 Å². The Morgan fingerprint density at radius 2 is 2.50 bits per heavy atom. The van der Waals surface area contributed by atoms with Crippen LogP contribution in [0.5, 0.6) is 0 Å². The Balaban J connectivity index is 1.70. The van der Waals surface area contributed by atoms with Crippen LogP contribution in [0, 0.1) is 0 Å². The molecule has 2 aromatic rings. The number of nitrogens with zero attached hydrogens (tertiary/aromatic N) is 2. The van der Waals surface area contributed by atoms with Crippen molar-refractivity contribution in [2.24, 2.45) is 0 Å². The molecule has 1 N–H and O–H groups in total. The second-order valence-electron chi connectivity index (χ2n) is 4.89. The maximum absolute atomic E-state index is 11.9. The Bertz CT molecular complexity index is 579. The van der Waals surface area contributed by atoms with E-state index in [1.165, 1.54) is 4.88 Å². The number of imidazole rings is 1. The van der Waals surface area contributed by atoms with Crippen molar-refractivity contribution in [2.45, 2.75) is 12.3 Å². The Labute approximate surface area is 121 Å². The van der Waals surface area contributed by atoms with E-state index in [2.05, 4.69) is 16.0 Å². The number of aromatic nitrogens is 2. The molecule has 0 spiro atoms. The van der Waals surface area contributed by atoms with Crippen molar-refractivity contribution >= 4 is 17.2 Å². The summed E-state index contributed by atoms with van der Waals surface area (Å²) in [7, 11) is 1.65. The highest BCUT2D eigenvalue weighted by molar-refractivity contribution is 7.13. The number of methoxy groups -OCH3 is 1. The third-order valence-corrected chi connectivity index (χ3v) is 4.45. The summed E-state index contributed by atoms with van der Waals surface area (Å²) < 4.78 is 5.03. The van der Waals surface area contributed by atoms with E-state index in [0.717, 1.165) is 18.1 Å². The molecule has 0 saturated carbocycles. The van der Waals surface area contributed by atoms with E-state index in [4.69, 9.17) is 4.74 Å². The number of hydrogen-bond acceptors (Lipinski definition) is 4. The smallest absolute Gasteiger partial charge is 0.223 e. The Morgan fingerprint density at radius 3 is 3.25 bits per heavy atom. The molecule has 1 aliphatic heterocycles. The predicted molar refractivity (Wildman–Crippen MR) is 77.7 cm³/mol. The van der Waals surface area contributed by atoms with Gasteiger partial charge in [0.1, 0.15) is 5.82 Å². The van der Waals surface area contributed by atoms with Gasteiger partial charge in [0, 0.05) is 32.5 Å². The van der Waals surface area contributed by atoms with Gasteiger partial charge in [-0.1, -0.05) is 6.07 Å². The Kier molecular flexibility index (Phi) is 3.84. The van der Waals surface area contributed by atoms with E-state index in [1.54, 1.807) is 18.4 Å². The minimum Gasteiger partial charge on any atom is -0.383 e. The first-order valence-electron chi connectivity index (χ1n) is 6.63. The van der Waals surface area contributed by atoms with Crippen molar-refractivity contribution in [3.05, 3.63) is 29.5 Å². The number of hydrogen-bond donors (Lipinski definition) is 1. The van der Waals surface area contributed by atoms with Crippen LogP contribution in [-0.4, -0.2) is 47.6 Å². The lowest BCUT2D eigenvalue weighted by molar-refractivity contribution is -0.128. The van der Waals surface area contributed by atoms with E-state index in [-0.39, 0.29) is 11.8 Å². The van der Waals surface area contributed by atoms with E-state index in [9.17, 15) is 4.79 Å². The van der Waals surface area contributed by atoms with E-state index in [0.29, 0.717) is 19.6 Å². The van der Waals surface area contributed by atoms with E-state index >= 15 is 0 Å². The highest BCUT2D eigenvalue weighted by Gasteiger charge is 2.32. The third-order valence-electron chi connectivity index (χ3n) is 3.55. The summed E-state index contributed by atoms with van der Waals surface area (Å²) in [4.78, 5) is 22.7. The van der Waals surface area contributed by atoms with Gasteiger partial charge in [-0.25, -0.2) is 4.98 Å². The monoisotopic (exact) mass is 291 g/mol. The van der Waals surface area contributed by atoms with Crippen molar-refractivity contribution in [3.63, 3.8) is 0 Å². The van der Waals surface area contributed by atoms with Crippen LogP contribution in [0.15, 0.2) is 23.7 Å². The van der Waals surface area contributed by atoms with Gasteiger partial charge in [0.2, 0.25) is 5.91 Å². The molecule has 20 heavy (non-hydrogen) atoms. The largest absolute Gasteiger partial charge is 0.383 e. The van der Waals surface area contributed by atoms with Crippen molar-refractivity contribution in [3.8, 4) is 10.6 Å². The highest BCUT2D eigenvalue weighted by atomic mass is 32.1. The lowest BCUT2D eigenvalue weighted by Crippen LogP contribution is -2.28. The molecular formula is C14H17N3O2S. The molecule has 6 heteroatoms. The number of thiophene rings is 1. The standard InChI is InChI=1S/C14H17N3O2S/c1-19-5-4-17-9-10(7-13(17)18)14-15-8-11(16-14)12-3-2-6-20-12/h2-3,6,8,10H,4-5,7,9H2,1H3,(H,15,16). The predicted octanol–water partition coefficient (Wildman–Crippen LogP) is 2.10. The molecule has 0 bridgehead atoms. The molecule has 1 saturated heterocycles. The van der Waals surface area contributed by atoms with Gasteiger partial charge >= 0.3 is 0 Å². The molecule has 106 valence electrons. The van der Waals surface area contributed by atoms with Gasteiger partial charge in [0.15, 0.2) is 0 Å². The first kappa shape index (κ1) is 13.3. The summed E-state index contributed by atoms with van der Waals surface area (Å²) in [5.74, 6) is 1.25. The van der Waals surface area contributed by atoms with E-state index in [1.807, 2.05) is 22.5 Å². The summed E-state index contributed by atoms with van der Waals surface area (Å²) in [5.41, 5.74) is 1.03. The maximum atomic E-state index is 11.9. The number of rotatable bonds is 5. The van der Waals surface area contributed by atoms with Crippen LogP contribution in [0.4, 0.5) is 0 Å². The van der Waals surface area contributed by atoms with Crippen LogP contribution in [0.25, 0.3) is 10.6 Å².